The van der Waals surface area contributed by atoms with Crippen LogP contribution in [0.15, 0.2) is 24.5 Å². The zero-order chi connectivity index (χ0) is 12.7. The van der Waals surface area contributed by atoms with E-state index in [0.29, 0.717) is 12.3 Å². The molecule has 1 aliphatic carbocycles. The summed E-state index contributed by atoms with van der Waals surface area (Å²) >= 11 is 0. The number of hydrogen-bond acceptors (Lipinski definition) is 2. The van der Waals surface area contributed by atoms with E-state index >= 15 is 0 Å². The van der Waals surface area contributed by atoms with Crippen LogP contribution in [-0.4, -0.2) is 15.8 Å². The smallest absolute Gasteiger partial charge is 0.165 e. The van der Waals surface area contributed by atoms with Crippen LogP contribution in [0, 0.1) is 12.8 Å². The van der Waals surface area contributed by atoms with Gasteiger partial charge in [0.1, 0.15) is 0 Å². The number of Topliss-reactive ketones (excluding diaryl/α,β-unsaturated/α-hetero) is 1. The maximum atomic E-state index is 12.1. The van der Waals surface area contributed by atoms with Gasteiger partial charge in [-0.05, 0) is 37.0 Å². The Kier molecular flexibility index (Phi) is 2.54. The van der Waals surface area contributed by atoms with Crippen molar-refractivity contribution in [3.05, 3.63) is 41.3 Å². The van der Waals surface area contributed by atoms with Crippen molar-refractivity contribution in [1.82, 2.24) is 9.97 Å². The van der Waals surface area contributed by atoms with Crippen molar-refractivity contribution in [2.75, 3.05) is 0 Å². The van der Waals surface area contributed by atoms with Crippen LogP contribution in [0.1, 0.15) is 35.0 Å². The first-order chi connectivity index (χ1) is 8.66. The number of fused-ring (bicyclic) bond motifs is 1. The average molecular weight is 240 g/mol. The minimum Gasteiger partial charge on any atom is -0.358 e. The first kappa shape index (κ1) is 11.2. The van der Waals surface area contributed by atoms with Gasteiger partial charge in [-0.1, -0.05) is 6.92 Å². The molecule has 3 nitrogen and oxygen atoms in total. The normalized spacial score (nSPS) is 18.8. The molecule has 0 spiro atoms. The second kappa shape index (κ2) is 4.09. The molecular weight excluding hydrogens is 224 g/mol. The Morgan fingerprint density at radius 2 is 2.00 bits per heavy atom. The molecule has 1 N–H and O–H groups in total. The maximum Gasteiger partial charge on any atom is 0.165 e. The molecule has 3 rings (SSSR count). The molecular formula is C15H16N2O. The van der Waals surface area contributed by atoms with Crippen LogP contribution in [0.5, 0.6) is 0 Å². The monoisotopic (exact) mass is 240 g/mol. The quantitative estimate of drug-likeness (QED) is 0.832. The summed E-state index contributed by atoms with van der Waals surface area (Å²) in [5.41, 5.74) is 5.25. The number of aromatic nitrogens is 2. The lowest BCUT2D eigenvalue weighted by Crippen LogP contribution is -2.17. The van der Waals surface area contributed by atoms with Gasteiger partial charge in [-0.15, -0.1) is 0 Å². The number of H-pyrrole nitrogens is 1. The van der Waals surface area contributed by atoms with Gasteiger partial charge in [0.05, 0.1) is 0 Å². The molecule has 0 bridgehead atoms. The van der Waals surface area contributed by atoms with E-state index in [-0.39, 0.29) is 5.78 Å². The maximum absolute atomic E-state index is 12.1. The van der Waals surface area contributed by atoms with Gasteiger partial charge in [0.15, 0.2) is 5.78 Å². The van der Waals surface area contributed by atoms with E-state index in [1.165, 1.54) is 0 Å². The van der Waals surface area contributed by atoms with Crippen molar-refractivity contribution in [3.8, 4) is 11.3 Å². The summed E-state index contributed by atoms with van der Waals surface area (Å²) in [6, 6.07) is 3.94. The van der Waals surface area contributed by atoms with E-state index in [2.05, 4.69) is 16.9 Å². The number of nitrogens with one attached hydrogen (secondary N) is 1. The third-order valence-electron chi connectivity index (χ3n) is 3.66. The SMILES string of the molecule is Cc1c(-c2ccncc2)[nH]c2c1C(=O)CC(C)C2. The standard InChI is InChI=1S/C15H16N2O/c1-9-7-12-14(13(18)8-9)10(2)15(17-12)11-3-5-16-6-4-11/h3-6,9,17H,7-8H2,1-2H3. The fraction of sp³-hybridized carbons (Fsp3) is 0.333. The molecule has 0 radical (unpaired) electrons. The number of ketones is 1. The number of aromatic amines is 1. The topological polar surface area (TPSA) is 45.8 Å². The summed E-state index contributed by atoms with van der Waals surface area (Å²) in [6.07, 6.45) is 5.19. The Hall–Kier alpha value is -1.90. The van der Waals surface area contributed by atoms with Gasteiger partial charge < -0.3 is 4.98 Å². The molecule has 1 aliphatic rings. The zero-order valence-corrected chi connectivity index (χ0v) is 10.7. The first-order valence-electron chi connectivity index (χ1n) is 6.32. The molecule has 2 aromatic heterocycles. The predicted octanol–water partition coefficient (Wildman–Crippen LogP) is 3.15. The first-order valence-corrected chi connectivity index (χ1v) is 6.32. The summed E-state index contributed by atoms with van der Waals surface area (Å²) in [5.74, 6) is 0.714. The fourth-order valence-corrected chi connectivity index (χ4v) is 2.84. The highest BCUT2D eigenvalue weighted by atomic mass is 16.1. The van der Waals surface area contributed by atoms with E-state index in [0.717, 1.165) is 34.5 Å². The molecule has 2 heterocycles. The third-order valence-corrected chi connectivity index (χ3v) is 3.66. The molecule has 0 fully saturated rings. The highest BCUT2D eigenvalue weighted by molar-refractivity contribution is 6.01. The molecule has 3 heteroatoms. The van der Waals surface area contributed by atoms with Crippen molar-refractivity contribution in [1.29, 1.82) is 0 Å². The molecule has 1 atom stereocenters. The Morgan fingerprint density at radius 3 is 2.72 bits per heavy atom. The summed E-state index contributed by atoms with van der Waals surface area (Å²) in [4.78, 5) is 19.6. The van der Waals surface area contributed by atoms with Crippen LogP contribution in [0.4, 0.5) is 0 Å². The summed E-state index contributed by atoms with van der Waals surface area (Å²) < 4.78 is 0. The summed E-state index contributed by atoms with van der Waals surface area (Å²) in [5, 5.41) is 0. The minimum atomic E-state index is 0.276. The van der Waals surface area contributed by atoms with Crippen LogP contribution in [-0.2, 0) is 6.42 Å². The lowest BCUT2D eigenvalue weighted by atomic mass is 9.86. The molecule has 92 valence electrons. The van der Waals surface area contributed by atoms with E-state index < -0.39 is 0 Å². The number of carbonyl (C=O) groups excluding carboxylic acids is 1. The number of pyridine rings is 1. The van der Waals surface area contributed by atoms with Crippen LogP contribution < -0.4 is 0 Å². The summed E-state index contributed by atoms with van der Waals surface area (Å²) in [6.45, 7) is 4.15. The number of hydrogen-bond donors (Lipinski definition) is 1. The van der Waals surface area contributed by atoms with Crippen LogP contribution in [0.3, 0.4) is 0 Å². The van der Waals surface area contributed by atoms with Crippen LogP contribution in [0.2, 0.25) is 0 Å². The molecule has 0 amide bonds. The molecule has 2 aromatic rings. The Bertz CT molecular complexity index is 598. The largest absolute Gasteiger partial charge is 0.358 e. The van der Waals surface area contributed by atoms with E-state index in [9.17, 15) is 4.79 Å². The van der Waals surface area contributed by atoms with Crippen molar-refractivity contribution >= 4 is 5.78 Å². The van der Waals surface area contributed by atoms with E-state index in [1.54, 1.807) is 12.4 Å². The van der Waals surface area contributed by atoms with Crippen molar-refractivity contribution in [2.24, 2.45) is 5.92 Å². The van der Waals surface area contributed by atoms with Crippen molar-refractivity contribution in [2.45, 2.75) is 26.7 Å². The number of carbonyl (C=O) groups is 1. The van der Waals surface area contributed by atoms with Gasteiger partial charge in [-0.2, -0.15) is 0 Å². The van der Waals surface area contributed by atoms with Gasteiger partial charge in [0.25, 0.3) is 0 Å². The van der Waals surface area contributed by atoms with Gasteiger partial charge >= 0.3 is 0 Å². The Balaban J connectivity index is 2.15. The van der Waals surface area contributed by atoms with Gasteiger partial charge in [-0.25, -0.2) is 0 Å². The van der Waals surface area contributed by atoms with Crippen molar-refractivity contribution in [3.63, 3.8) is 0 Å². The molecule has 0 saturated heterocycles. The van der Waals surface area contributed by atoms with Crippen LogP contribution in [0.25, 0.3) is 11.3 Å². The van der Waals surface area contributed by atoms with E-state index in [1.807, 2.05) is 19.1 Å². The van der Waals surface area contributed by atoms with Crippen LogP contribution >= 0.6 is 0 Å². The Morgan fingerprint density at radius 1 is 1.28 bits per heavy atom. The minimum absolute atomic E-state index is 0.276. The fourth-order valence-electron chi connectivity index (χ4n) is 2.84. The number of nitrogens with zero attached hydrogens (tertiary/aromatic N) is 1. The predicted molar refractivity (Wildman–Crippen MR) is 70.6 cm³/mol. The third kappa shape index (κ3) is 1.67. The molecule has 0 aliphatic heterocycles. The second-order valence-corrected chi connectivity index (χ2v) is 5.15. The van der Waals surface area contributed by atoms with Gasteiger partial charge in [-0.3, -0.25) is 9.78 Å². The Labute approximate surface area is 106 Å². The highest BCUT2D eigenvalue weighted by Crippen LogP contribution is 2.33. The average Bonchev–Trinajstić information content (AvgIpc) is 2.67. The van der Waals surface area contributed by atoms with E-state index in [4.69, 9.17) is 0 Å². The van der Waals surface area contributed by atoms with Crippen molar-refractivity contribution < 1.29 is 4.79 Å². The molecule has 0 saturated carbocycles. The summed E-state index contributed by atoms with van der Waals surface area (Å²) in [7, 11) is 0. The second-order valence-electron chi connectivity index (χ2n) is 5.15. The highest BCUT2D eigenvalue weighted by Gasteiger charge is 2.27. The molecule has 0 aromatic carbocycles. The molecule has 1 unspecified atom stereocenters. The zero-order valence-electron chi connectivity index (χ0n) is 10.7. The lowest BCUT2D eigenvalue weighted by Gasteiger charge is -2.17. The lowest BCUT2D eigenvalue weighted by molar-refractivity contribution is 0.0952. The molecule has 18 heavy (non-hydrogen) atoms. The van der Waals surface area contributed by atoms with Gasteiger partial charge in [0.2, 0.25) is 0 Å². The van der Waals surface area contributed by atoms with Gasteiger partial charge in [0, 0.05) is 41.3 Å². The number of rotatable bonds is 1.